The smallest absolute Gasteiger partial charge is 0.238 e. The van der Waals surface area contributed by atoms with Gasteiger partial charge in [0.15, 0.2) is 0 Å². The highest BCUT2D eigenvalue weighted by molar-refractivity contribution is 5.92. The van der Waals surface area contributed by atoms with Crippen molar-refractivity contribution in [3.63, 3.8) is 0 Å². The third-order valence-corrected chi connectivity index (χ3v) is 4.90. The first kappa shape index (κ1) is 20.4. The zero-order valence-corrected chi connectivity index (χ0v) is 16.8. The Kier molecular flexibility index (Phi) is 6.81. The number of aryl methyl sites for hydroxylation is 1. The Morgan fingerprint density at radius 2 is 1.88 bits per heavy atom. The molecule has 1 aromatic rings. The number of benzene rings is 1. The number of anilines is 1. The van der Waals surface area contributed by atoms with Crippen molar-refractivity contribution in [2.45, 2.75) is 40.5 Å². The Morgan fingerprint density at radius 3 is 2.46 bits per heavy atom. The number of carbonyl (C=O) groups is 2. The summed E-state index contributed by atoms with van der Waals surface area (Å²) in [5.41, 5.74) is 1.66. The molecule has 1 aromatic carbocycles. The van der Waals surface area contributed by atoms with Crippen LogP contribution in [0.2, 0.25) is 0 Å². The first-order chi connectivity index (χ1) is 12.1. The van der Waals surface area contributed by atoms with Crippen LogP contribution in [-0.2, 0) is 9.59 Å². The van der Waals surface area contributed by atoms with Crippen LogP contribution in [-0.4, -0.2) is 54.8 Å². The maximum atomic E-state index is 12.3. The summed E-state index contributed by atoms with van der Waals surface area (Å²) in [7, 11) is 1.90. The van der Waals surface area contributed by atoms with Crippen LogP contribution in [0.5, 0.6) is 0 Å². The van der Waals surface area contributed by atoms with E-state index in [0.717, 1.165) is 43.7 Å². The van der Waals surface area contributed by atoms with Crippen molar-refractivity contribution in [2.75, 3.05) is 38.5 Å². The summed E-state index contributed by atoms with van der Waals surface area (Å²) < 4.78 is 0. The van der Waals surface area contributed by atoms with E-state index in [0.29, 0.717) is 12.5 Å². The number of nitrogens with one attached hydrogen (secondary N) is 1. The van der Waals surface area contributed by atoms with E-state index in [9.17, 15) is 9.59 Å². The maximum Gasteiger partial charge on any atom is 0.238 e. The lowest BCUT2D eigenvalue weighted by atomic mass is 9.92. The molecule has 0 spiro atoms. The second-order valence-corrected chi connectivity index (χ2v) is 8.57. The monoisotopic (exact) mass is 359 g/mol. The van der Waals surface area contributed by atoms with Gasteiger partial charge in [-0.1, -0.05) is 32.9 Å². The van der Waals surface area contributed by atoms with Gasteiger partial charge in [-0.15, -0.1) is 0 Å². The number of piperidine rings is 1. The van der Waals surface area contributed by atoms with Crippen LogP contribution >= 0.6 is 0 Å². The average Bonchev–Trinajstić information content (AvgIpc) is 2.55. The fourth-order valence-electron chi connectivity index (χ4n) is 3.50. The van der Waals surface area contributed by atoms with Crippen molar-refractivity contribution in [3.8, 4) is 0 Å². The summed E-state index contributed by atoms with van der Waals surface area (Å²) >= 11 is 0. The van der Waals surface area contributed by atoms with Gasteiger partial charge in [0.25, 0.3) is 0 Å². The van der Waals surface area contributed by atoms with E-state index in [1.54, 1.807) is 0 Å². The molecule has 0 radical (unpaired) electrons. The van der Waals surface area contributed by atoms with Gasteiger partial charge in [0.1, 0.15) is 0 Å². The highest BCUT2D eigenvalue weighted by Crippen LogP contribution is 2.22. The lowest BCUT2D eigenvalue weighted by Crippen LogP contribution is -2.44. The zero-order valence-electron chi connectivity index (χ0n) is 16.8. The molecule has 1 N–H and O–H groups in total. The fourth-order valence-corrected chi connectivity index (χ4v) is 3.50. The Balaban J connectivity index is 1.74. The summed E-state index contributed by atoms with van der Waals surface area (Å²) in [6.07, 6.45) is 2.05. The SMILES string of the molecule is Cc1cccc(NC(=O)CN2CCC(CN(C)C(=O)C(C)(C)C)CC2)c1. The van der Waals surface area contributed by atoms with Gasteiger partial charge in [-0.3, -0.25) is 14.5 Å². The molecule has 144 valence electrons. The van der Waals surface area contributed by atoms with Crippen molar-refractivity contribution in [2.24, 2.45) is 11.3 Å². The van der Waals surface area contributed by atoms with Crippen LogP contribution < -0.4 is 5.32 Å². The number of likely N-dealkylation sites (tertiary alicyclic amines) is 1. The summed E-state index contributed by atoms with van der Waals surface area (Å²) in [6, 6.07) is 7.86. The molecule has 1 aliphatic rings. The second kappa shape index (κ2) is 8.67. The number of hydrogen-bond donors (Lipinski definition) is 1. The molecule has 0 aliphatic carbocycles. The Bertz CT molecular complexity index is 628. The molecular formula is C21H33N3O2. The predicted molar refractivity (Wildman–Crippen MR) is 106 cm³/mol. The highest BCUT2D eigenvalue weighted by Gasteiger charge is 2.28. The van der Waals surface area contributed by atoms with E-state index < -0.39 is 0 Å². The minimum absolute atomic E-state index is 0.0362. The van der Waals surface area contributed by atoms with Crippen LogP contribution in [0.1, 0.15) is 39.2 Å². The first-order valence-electron chi connectivity index (χ1n) is 9.49. The number of amides is 2. The predicted octanol–water partition coefficient (Wildman–Crippen LogP) is 3.15. The minimum atomic E-state index is -0.330. The van der Waals surface area contributed by atoms with Gasteiger partial charge in [-0.25, -0.2) is 0 Å². The van der Waals surface area contributed by atoms with Gasteiger partial charge in [0.2, 0.25) is 11.8 Å². The largest absolute Gasteiger partial charge is 0.345 e. The molecule has 0 atom stereocenters. The molecule has 1 fully saturated rings. The third-order valence-electron chi connectivity index (χ3n) is 4.90. The van der Waals surface area contributed by atoms with Crippen LogP contribution in [0.15, 0.2) is 24.3 Å². The van der Waals surface area contributed by atoms with Gasteiger partial charge in [-0.2, -0.15) is 0 Å². The van der Waals surface area contributed by atoms with Crippen molar-refractivity contribution in [3.05, 3.63) is 29.8 Å². The molecule has 2 rings (SSSR count). The van der Waals surface area contributed by atoms with Crippen LogP contribution in [0.25, 0.3) is 0 Å². The van der Waals surface area contributed by atoms with E-state index in [-0.39, 0.29) is 17.2 Å². The lowest BCUT2D eigenvalue weighted by molar-refractivity contribution is -0.138. The van der Waals surface area contributed by atoms with Gasteiger partial charge >= 0.3 is 0 Å². The van der Waals surface area contributed by atoms with E-state index in [2.05, 4.69) is 10.2 Å². The average molecular weight is 360 g/mol. The molecule has 1 saturated heterocycles. The van der Waals surface area contributed by atoms with Crippen LogP contribution in [0.4, 0.5) is 5.69 Å². The molecule has 1 aliphatic heterocycles. The number of rotatable bonds is 5. The van der Waals surface area contributed by atoms with Crippen molar-refractivity contribution >= 4 is 17.5 Å². The number of hydrogen-bond acceptors (Lipinski definition) is 3. The summed E-state index contributed by atoms with van der Waals surface area (Å²) in [4.78, 5) is 28.6. The molecule has 26 heavy (non-hydrogen) atoms. The molecule has 5 nitrogen and oxygen atoms in total. The van der Waals surface area contributed by atoms with Gasteiger partial charge in [-0.05, 0) is 56.5 Å². The minimum Gasteiger partial charge on any atom is -0.345 e. The van der Waals surface area contributed by atoms with Crippen molar-refractivity contribution in [1.82, 2.24) is 9.80 Å². The van der Waals surface area contributed by atoms with Gasteiger partial charge < -0.3 is 10.2 Å². The molecule has 5 heteroatoms. The molecule has 2 amide bonds. The standard InChI is InChI=1S/C21H33N3O2/c1-16-7-6-8-18(13-16)22-19(25)15-24-11-9-17(10-12-24)14-23(5)20(26)21(2,3)4/h6-8,13,17H,9-12,14-15H2,1-5H3,(H,22,25). The quantitative estimate of drug-likeness (QED) is 0.879. The van der Waals surface area contributed by atoms with Crippen molar-refractivity contribution < 1.29 is 9.59 Å². The van der Waals surface area contributed by atoms with Crippen LogP contribution in [0, 0.1) is 18.3 Å². The Labute approximate surface area is 157 Å². The Hall–Kier alpha value is -1.88. The molecular weight excluding hydrogens is 326 g/mol. The van der Waals surface area contributed by atoms with Crippen molar-refractivity contribution in [1.29, 1.82) is 0 Å². The maximum absolute atomic E-state index is 12.3. The Morgan fingerprint density at radius 1 is 1.23 bits per heavy atom. The number of carbonyl (C=O) groups excluding carboxylic acids is 2. The molecule has 0 aromatic heterocycles. The zero-order chi connectivity index (χ0) is 19.3. The topological polar surface area (TPSA) is 52.7 Å². The normalized spacial score (nSPS) is 16.3. The van der Waals surface area contributed by atoms with Crippen LogP contribution in [0.3, 0.4) is 0 Å². The van der Waals surface area contributed by atoms with E-state index >= 15 is 0 Å². The van der Waals surface area contributed by atoms with E-state index in [1.165, 1.54) is 0 Å². The van der Waals surface area contributed by atoms with E-state index in [4.69, 9.17) is 0 Å². The summed E-state index contributed by atoms with van der Waals surface area (Å²) in [5.74, 6) is 0.744. The van der Waals surface area contributed by atoms with Gasteiger partial charge in [0.05, 0.1) is 6.54 Å². The second-order valence-electron chi connectivity index (χ2n) is 8.57. The summed E-state index contributed by atoms with van der Waals surface area (Å²) in [6.45, 7) is 10.9. The fraction of sp³-hybridized carbons (Fsp3) is 0.619. The van der Waals surface area contributed by atoms with E-state index in [1.807, 2.05) is 63.9 Å². The lowest BCUT2D eigenvalue weighted by Gasteiger charge is -2.35. The van der Waals surface area contributed by atoms with Gasteiger partial charge in [0, 0.05) is 24.7 Å². The summed E-state index contributed by atoms with van der Waals surface area (Å²) in [5, 5.41) is 2.97. The molecule has 1 heterocycles. The third kappa shape index (κ3) is 6.13. The molecule has 0 saturated carbocycles. The highest BCUT2D eigenvalue weighted by atomic mass is 16.2. The molecule has 0 unspecified atom stereocenters. The number of nitrogens with zero attached hydrogens (tertiary/aromatic N) is 2. The molecule has 0 bridgehead atoms. The first-order valence-corrected chi connectivity index (χ1v) is 9.49.